The van der Waals surface area contributed by atoms with Gasteiger partial charge in [0.25, 0.3) is 0 Å². The Morgan fingerprint density at radius 1 is 0.769 bits per heavy atom. The van der Waals surface area contributed by atoms with Crippen LogP contribution in [-0.4, -0.2) is 7.05 Å². The first-order valence-corrected chi connectivity index (χ1v) is 9.93. The SMILES string of the molecule is Cc1ccc(N(C)c2cccc3c2sc2c(C(C)(C)C)cccc23)cc1. The fraction of sp³-hybridized carbons (Fsp3) is 0.250. The second kappa shape index (κ2) is 6.14. The molecule has 0 unspecified atom stereocenters. The van der Waals surface area contributed by atoms with E-state index in [4.69, 9.17) is 0 Å². The molecule has 0 saturated heterocycles. The molecule has 0 saturated carbocycles. The third-order valence-electron chi connectivity index (χ3n) is 5.09. The minimum Gasteiger partial charge on any atom is -0.343 e. The Balaban J connectivity index is 1.96. The zero-order chi connectivity index (χ0) is 18.5. The highest BCUT2D eigenvalue weighted by Crippen LogP contribution is 2.44. The summed E-state index contributed by atoms with van der Waals surface area (Å²) >= 11 is 1.93. The normalized spacial score (nSPS) is 12.0. The van der Waals surface area contributed by atoms with Gasteiger partial charge in [-0.15, -0.1) is 11.3 Å². The van der Waals surface area contributed by atoms with Crippen LogP contribution in [0.4, 0.5) is 11.4 Å². The van der Waals surface area contributed by atoms with Gasteiger partial charge in [-0.25, -0.2) is 0 Å². The van der Waals surface area contributed by atoms with Crippen molar-refractivity contribution in [2.75, 3.05) is 11.9 Å². The van der Waals surface area contributed by atoms with E-state index in [2.05, 4.69) is 100 Å². The molecule has 4 aromatic rings. The quantitative estimate of drug-likeness (QED) is 0.360. The lowest BCUT2D eigenvalue weighted by molar-refractivity contribution is 0.597. The van der Waals surface area contributed by atoms with Gasteiger partial charge in [0, 0.05) is 28.2 Å². The van der Waals surface area contributed by atoms with Gasteiger partial charge >= 0.3 is 0 Å². The third-order valence-corrected chi connectivity index (χ3v) is 6.37. The third kappa shape index (κ3) is 2.79. The van der Waals surface area contributed by atoms with Gasteiger partial charge in [0.05, 0.1) is 10.4 Å². The molecule has 0 bridgehead atoms. The van der Waals surface area contributed by atoms with Gasteiger partial charge in [-0.1, -0.05) is 68.8 Å². The van der Waals surface area contributed by atoms with E-state index in [0.717, 1.165) is 0 Å². The standard InChI is InChI=1S/C24H25NS/c1-16-12-14-17(15-13-16)25(5)21-11-7-9-19-18-8-6-10-20(24(2,3)4)22(18)26-23(19)21/h6-15H,1-5H3. The average molecular weight is 360 g/mol. The summed E-state index contributed by atoms with van der Waals surface area (Å²) in [7, 11) is 2.16. The van der Waals surface area contributed by atoms with Crippen LogP contribution in [-0.2, 0) is 5.41 Å². The van der Waals surface area contributed by atoms with Crippen LogP contribution in [0.15, 0.2) is 60.7 Å². The molecule has 0 radical (unpaired) electrons. The topological polar surface area (TPSA) is 3.24 Å². The Kier molecular flexibility index (Phi) is 4.04. The van der Waals surface area contributed by atoms with Gasteiger partial charge in [-0.3, -0.25) is 0 Å². The molecule has 0 spiro atoms. The zero-order valence-corrected chi connectivity index (χ0v) is 16.9. The summed E-state index contributed by atoms with van der Waals surface area (Å²) in [5, 5.41) is 2.73. The average Bonchev–Trinajstić information content (AvgIpc) is 2.99. The molecule has 0 N–H and O–H groups in total. The number of hydrogen-bond acceptors (Lipinski definition) is 2. The largest absolute Gasteiger partial charge is 0.343 e. The van der Waals surface area contributed by atoms with Gasteiger partial charge in [0.1, 0.15) is 0 Å². The number of anilines is 2. The fourth-order valence-electron chi connectivity index (χ4n) is 3.57. The number of fused-ring (bicyclic) bond motifs is 3. The van der Waals surface area contributed by atoms with E-state index in [-0.39, 0.29) is 5.41 Å². The Labute approximate surface area is 159 Å². The van der Waals surface area contributed by atoms with Crippen LogP contribution >= 0.6 is 11.3 Å². The first kappa shape index (κ1) is 17.1. The van der Waals surface area contributed by atoms with Crippen molar-refractivity contribution in [3.05, 3.63) is 71.8 Å². The van der Waals surface area contributed by atoms with E-state index in [1.165, 1.54) is 42.7 Å². The Morgan fingerprint density at radius 2 is 1.38 bits per heavy atom. The monoisotopic (exact) mass is 359 g/mol. The van der Waals surface area contributed by atoms with Crippen molar-refractivity contribution in [3.63, 3.8) is 0 Å². The maximum absolute atomic E-state index is 2.30. The Bertz CT molecular complexity index is 1080. The molecule has 1 aromatic heterocycles. The van der Waals surface area contributed by atoms with E-state index in [9.17, 15) is 0 Å². The summed E-state index contributed by atoms with van der Waals surface area (Å²) in [6, 6.07) is 22.2. The van der Waals surface area contributed by atoms with Crippen LogP contribution in [0.1, 0.15) is 31.9 Å². The van der Waals surface area contributed by atoms with E-state index in [1.54, 1.807) is 0 Å². The highest BCUT2D eigenvalue weighted by atomic mass is 32.1. The molecule has 4 rings (SSSR count). The highest BCUT2D eigenvalue weighted by Gasteiger charge is 2.20. The minimum atomic E-state index is 0.142. The molecular formula is C24H25NS. The highest BCUT2D eigenvalue weighted by molar-refractivity contribution is 7.26. The molecular weight excluding hydrogens is 334 g/mol. The van der Waals surface area contributed by atoms with Gasteiger partial charge < -0.3 is 4.90 Å². The summed E-state index contributed by atoms with van der Waals surface area (Å²) < 4.78 is 2.78. The minimum absolute atomic E-state index is 0.142. The molecule has 0 aliphatic carbocycles. The molecule has 132 valence electrons. The molecule has 1 heterocycles. The lowest BCUT2D eigenvalue weighted by Crippen LogP contribution is -2.10. The second-order valence-electron chi connectivity index (χ2n) is 8.08. The van der Waals surface area contributed by atoms with Gasteiger partial charge in [-0.05, 0) is 36.1 Å². The van der Waals surface area contributed by atoms with E-state index in [0.29, 0.717) is 0 Å². The lowest BCUT2D eigenvalue weighted by atomic mass is 9.86. The number of rotatable bonds is 2. The van der Waals surface area contributed by atoms with Gasteiger partial charge in [0.15, 0.2) is 0 Å². The Hall–Kier alpha value is -2.32. The number of nitrogens with zero attached hydrogens (tertiary/aromatic N) is 1. The molecule has 3 aromatic carbocycles. The lowest BCUT2D eigenvalue weighted by Gasteiger charge is -2.20. The van der Waals surface area contributed by atoms with Gasteiger partial charge in [0.2, 0.25) is 0 Å². The fourth-order valence-corrected chi connectivity index (χ4v) is 5.14. The van der Waals surface area contributed by atoms with Crippen LogP contribution in [0, 0.1) is 6.92 Å². The molecule has 0 fully saturated rings. The number of hydrogen-bond donors (Lipinski definition) is 0. The maximum Gasteiger partial charge on any atom is 0.0592 e. The molecule has 0 aliphatic rings. The summed E-state index contributed by atoms with van der Waals surface area (Å²) in [5.41, 5.74) is 5.35. The first-order valence-electron chi connectivity index (χ1n) is 9.11. The smallest absolute Gasteiger partial charge is 0.0592 e. The van der Waals surface area contributed by atoms with Crippen molar-refractivity contribution < 1.29 is 0 Å². The summed E-state index contributed by atoms with van der Waals surface area (Å²) in [6.07, 6.45) is 0. The molecule has 1 nitrogen and oxygen atoms in total. The first-order chi connectivity index (χ1) is 12.4. The molecule has 0 aliphatic heterocycles. The van der Waals surface area contributed by atoms with E-state index in [1.807, 2.05) is 11.3 Å². The number of thiophene rings is 1. The van der Waals surface area contributed by atoms with Crippen molar-refractivity contribution in [3.8, 4) is 0 Å². The molecule has 0 amide bonds. The van der Waals surface area contributed by atoms with Crippen LogP contribution in [0.5, 0.6) is 0 Å². The zero-order valence-electron chi connectivity index (χ0n) is 16.1. The molecule has 2 heteroatoms. The van der Waals surface area contributed by atoms with E-state index < -0.39 is 0 Å². The second-order valence-corrected chi connectivity index (χ2v) is 9.10. The van der Waals surface area contributed by atoms with Crippen LogP contribution in [0.3, 0.4) is 0 Å². The summed E-state index contributed by atoms with van der Waals surface area (Å²) in [6.45, 7) is 9.02. The maximum atomic E-state index is 2.30. The van der Waals surface area contributed by atoms with Crippen molar-refractivity contribution in [2.24, 2.45) is 0 Å². The number of aryl methyl sites for hydroxylation is 1. The van der Waals surface area contributed by atoms with Crippen LogP contribution in [0.2, 0.25) is 0 Å². The van der Waals surface area contributed by atoms with Gasteiger partial charge in [-0.2, -0.15) is 0 Å². The van der Waals surface area contributed by atoms with Crippen molar-refractivity contribution >= 4 is 42.9 Å². The van der Waals surface area contributed by atoms with E-state index >= 15 is 0 Å². The van der Waals surface area contributed by atoms with Crippen molar-refractivity contribution in [1.29, 1.82) is 0 Å². The summed E-state index contributed by atoms with van der Waals surface area (Å²) in [4.78, 5) is 2.30. The van der Waals surface area contributed by atoms with Crippen molar-refractivity contribution in [2.45, 2.75) is 33.1 Å². The molecule has 26 heavy (non-hydrogen) atoms. The number of benzene rings is 3. The van der Waals surface area contributed by atoms with Crippen LogP contribution in [0.25, 0.3) is 20.2 Å². The summed E-state index contributed by atoms with van der Waals surface area (Å²) in [5.74, 6) is 0. The predicted octanol–water partition coefficient (Wildman–Crippen LogP) is 7.43. The predicted molar refractivity (Wildman–Crippen MR) is 117 cm³/mol. The van der Waals surface area contributed by atoms with Crippen molar-refractivity contribution in [1.82, 2.24) is 0 Å². The Morgan fingerprint density at radius 3 is 2.04 bits per heavy atom. The van der Waals surface area contributed by atoms with Crippen LogP contribution < -0.4 is 4.90 Å². The molecule has 0 atom stereocenters.